The maximum absolute atomic E-state index is 10.9. The van der Waals surface area contributed by atoms with Crippen molar-refractivity contribution in [2.75, 3.05) is 0 Å². The number of rotatable bonds is 5. The molecular formula is C23H24O. The highest BCUT2D eigenvalue weighted by molar-refractivity contribution is 5.38. The van der Waals surface area contributed by atoms with Gasteiger partial charge in [-0.1, -0.05) is 78.9 Å². The van der Waals surface area contributed by atoms with Gasteiger partial charge in [0.05, 0.1) is 6.10 Å². The van der Waals surface area contributed by atoms with Gasteiger partial charge in [0.1, 0.15) is 0 Å². The van der Waals surface area contributed by atoms with Crippen molar-refractivity contribution in [1.29, 1.82) is 0 Å². The molecule has 0 bridgehead atoms. The third-order valence-electron chi connectivity index (χ3n) is 4.77. The Morgan fingerprint density at radius 1 is 0.667 bits per heavy atom. The first-order valence-electron chi connectivity index (χ1n) is 8.51. The zero-order valence-corrected chi connectivity index (χ0v) is 14.3. The number of benzene rings is 3. The van der Waals surface area contributed by atoms with Crippen molar-refractivity contribution < 1.29 is 5.11 Å². The van der Waals surface area contributed by atoms with Gasteiger partial charge in [0.25, 0.3) is 0 Å². The number of aryl methyl sites for hydroxylation is 2. The van der Waals surface area contributed by atoms with Gasteiger partial charge in [-0.25, -0.2) is 0 Å². The van der Waals surface area contributed by atoms with Crippen LogP contribution in [-0.4, -0.2) is 5.11 Å². The Balaban J connectivity index is 1.97. The van der Waals surface area contributed by atoms with E-state index in [1.165, 1.54) is 16.7 Å². The van der Waals surface area contributed by atoms with E-state index < -0.39 is 6.10 Å². The Morgan fingerprint density at radius 2 is 1.17 bits per heavy atom. The van der Waals surface area contributed by atoms with Gasteiger partial charge in [-0.05, 0) is 48.1 Å². The van der Waals surface area contributed by atoms with Crippen molar-refractivity contribution in [1.82, 2.24) is 0 Å². The highest BCUT2D eigenvalue weighted by atomic mass is 16.3. The lowest BCUT2D eigenvalue weighted by Gasteiger charge is -2.24. The molecule has 1 heteroatoms. The molecule has 1 N–H and O–H groups in total. The maximum Gasteiger partial charge on any atom is 0.0801 e. The summed E-state index contributed by atoms with van der Waals surface area (Å²) in [5.41, 5.74) is 5.97. The summed E-state index contributed by atoms with van der Waals surface area (Å²) in [6.07, 6.45) is 0.204. The molecule has 0 aliphatic heterocycles. The van der Waals surface area contributed by atoms with Crippen LogP contribution in [0.25, 0.3) is 0 Å². The fourth-order valence-electron chi connectivity index (χ4n) is 3.42. The van der Waals surface area contributed by atoms with E-state index in [1.807, 2.05) is 24.3 Å². The maximum atomic E-state index is 10.9. The van der Waals surface area contributed by atoms with E-state index in [4.69, 9.17) is 0 Å². The summed E-state index contributed by atoms with van der Waals surface area (Å²) in [6.45, 7) is 4.20. The second kappa shape index (κ2) is 7.46. The summed E-state index contributed by atoms with van der Waals surface area (Å²) in [6, 6.07) is 27.1. The topological polar surface area (TPSA) is 20.2 Å². The van der Waals surface area contributed by atoms with E-state index in [1.54, 1.807) is 0 Å². The zero-order chi connectivity index (χ0) is 16.9. The first-order chi connectivity index (χ1) is 11.7. The smallest absolute Gasteiger partial charge is 0.0801 e. The standard InChI is InChI=1S/C23H24O/c1-17-10-6-8-14-20(17)22(19-12-4-3-5-13-19)16-23(24)21-15-9-7-11-18(21)2/h3-15,22-24H,16H2,1-2H3. The molecule has 3 rings (SSSR count). The van der Waals surface area contributed by atoms with Crippen LogP contribution in [0.1, 0.15) is 46.3 Å². The monoisotopic (exact) mass is 316 g/mol. The van der Waals surface area contributed by atoms with Crippen LogP contribution in [0, 0.1) is 13.8 Å². The van der Waals surface area contributed by atoms with Crippen molar-refractivity contribution in [2.24, 2.45) is 0 Å². The average molecular weight is 316 g/mol. The Morgan fingerprint density at radius 3 is 1.75 bits per heavy atom. The predicted octanol–water partition coefficient (Wildman–Crippen LogP) is 5.56. The molecule has 122 valence electrons. The van der Waals surface area contributed by atoms with Gasteiger partial charge in [0.15, 0.2) is 0 Å². The van der Waals surface area contributed by atoms with Crippen LogP contribution in [0.4, 0.5) is 0 Å². The van der Waals surface area contributed by atoms with Crippen molar-refractivity contribution in [3.63, 3.8) is 0 Å². The molecule has 24 heavy (non-hydrogen) atoms. The van der Waals surface area contributed by atoms with Crippen molar-refractivity contribution in [2.45, 2.75) is 32.3 Å². The molecule has 0 fully saturated rings. The molecule has 0 spiro atoms. The third kappa shape index (κ3) is 3.58. The highest BCUT2D eigenvalue weighted by Gasteiger charge is 2.21. The minimum absolute atomic E-state index is 0.182. The molecule has 0 saturated carbocycles. The minimum atomic E-state index is -0.476. The van der Waals surface area contributed by atoms with E-state index in [0.29, 0.717) is 6.42 Å². The van der Waals surface area contributed by atoms with Crippen LogP contribution in [0.2, 0.25) is 0 Å². The molecule has 0 heterocycles. The Labute approximate surface area is 144 Å². The molecule has 2 atom stereocenters. The lowest BCUT2D eigenvalue weighted by molar-refractivity contribution is 0.161. The fourth-order valence-corrected chi connectivity index (χ4v) is 3.42. The number of aliphatic hydroxyl groups excluding tert-OH is 1. The molecule has 2 unspecified atom stereocenters. The Bertz CT molecular complexity index is 792. The first-order valence-corrected chi connectivity index (χ1v) is 8.51. The highest BCUT2D eigenvalue weighted by Crippen LogP contribution is 2.35. The summed E-state index contributed by atoms with van der Waals surface area (Å²) < 4.78 is 0. The summed E-state index contributed by atoms with van der Waals surface area (Å²) in [5.74, 6) is 0.182. The first kappa shape index (κ1) is 16.5. The molecule has 0 aliphatic rings. The second-order valence-corrected chi connectivity index (χ2v) is 6.43. The van der Waals surface area contributed by atoms with Crippen LogP contribution in [-0.2, 0) is 0 Å². The molecule has 3 aromatic rings. The minimum Gasteiger partial charge on any atom is -0.388 e. The second-order valence-electron chi connectivity index (χ2n) is 6.43. The molecule has 1 nitrogen and oxygen atoms in total. The summed E-state index contributed by atoms with van der Waals surface area (Å²) in [4.78, 5) is 0. The van der Waals surface area contributed by atoms with Crippen LogP contribution >= 0.6 is 0 Å². The van der Waals surface area contributed by atoms with Gasteiger partial charge in [0, 0.05) is 5.92 Å². The summed E-state index contributed by atoms with van der Waals surface area (Å²) >= 11 is 0. The van der Waals surface area contributed by atoms with Gasteiger partial charge in [-0.2, -0.15) is 0 Å². The van der Waals surface area contributed by atoms with E-state index >= 15 is 0 Å². The lowest BCUT2D eigenvalue weighted by Crippen LogP contribution is -2.10. The van der Waals surface area contributed by atoms with Crippen molar-refractivity contribution in [3.8, 4) is 0 Å². The number of hydrogen-bond donors (Lipinski definition) is 1. The quantitative estimate of drug-likeness (QED) is 0.653. The van der Waals surface area contributed by atoms with Crippen LogP contribution in [0.5, 0.6) is 0 Å². The Kier molecular flexibility index (Phi) is 5.12. The van der Waals surface area contributed by atoms with Gasteiger partial charge in [-0.3, -0.25) is 0 Å². The average Bonchev–Trinajstić information content (AvgIpc) is 2.61. The van der Waals surface area contributed by atoms with Crippen LogP contribution in [0.3, 0.4) is 0 Å². The molecule has 0 radical (unpaired) electrons. The SMILES string of the molecule is Cc1ccccc1C(O)CC(c1ccccc1)c1ccccc1C. The number of hydrogen-bond acceptors (Lipinski definition) is 1. The molecular weight excluding hydrogens is 292 g/mol. The van der Waals surface area contributed by atoms with Gasteiger partial charge in [0.2, 0.25) is 0 Å². The van der Waals surface area contributed by atoms with E-state index in [2.05, 4.69) is 68.4 Å². The van der Waals surface area contributed by atoms with Crippen molar-refractivity contribution in [3.05, 3.63) is 107 Å². The largest absolute Gasteiger partial charge is 0.388 e. The summed E-state index contributed by atoms with van der Waals surface area (Å²) in [5, 5.41) is 10.9. The fraction of sp³-hybridized carbons (Fsp3) is 0.217. The van der Waals surface area contributed by atoms with Crippen molar-refractivity contribution >= 4 is 0 Å². The molecule has 0 saturated heterocycles. The molecule has 0 amide bonds. The summed E-state index contributed by atoms with van der Waals surface area (Å²) in [7, 11) is 0. The molecule has 0 aliphatic carbocycles. The zero-order valence-electron chi connectivity index (χ0n) is 14.3. The van der Waals surface area contributed by atoms with E-state index in [9.17, 15) is 5.11 Å². The lowest BCUT2D eigenvalue weighted by atomic mass is 9.83. The van der Waals surface area contributed by atoms with Gasteiger partial charge >= 0.3 is 0 Å². The third-order valence-corrected chi connectivity index (χ3v) is 4.77. The molecule has 3 aromatic carbocycles. The van der Waals surface area contributed by atoms with E-state index in [0.717, 1.165) is 11.1 Å². The van der Waals surface area contributed by atoms with Crippen LogP contribution < -0.4 is 0 Å². The van der Waals surface area contributed by atoms with Crippen LogP contribution in [0.15, 0.2) is 78.9 Å². The van der Waals surface area contributed by atoms with Gasteiger partial charge in [-0.15, -0.1) is 0 Å². The normalized spacial score (nSPS) is 13.5. The van der Waals surface area contributed by atoms with Gasteiger partial charge < -0.3 is 5.11 Å². The van der Waals surface area contributed by atoms with E-state index in [-0.39, 0.29) is 5.92 Å². The molecule has 0 aromatic heterocycles. The Hall–Kier alpha value is -2.38. The number of aliphatic hydroxyl groups is 1. The predicted molar refractivity (Wildman–Crippen MR) is 100 cm³/mol.